The third-order valence-electron chi connectivity index (χ3n) is 3.04. The molecule has 0 aliphatic heterocycles. The van der Waals surface area contributed by atoms with Crippen LogP contribution in [0.1, 0.15) is 48.2 Å². The van der Waals surface area contributed by atoms with Crippen molar-refractivity contribution in [2.45, 2.75) is 39.7 Å². The molecular weight excluding hydrogens is 238 g/mol. The minimum Gasteiger partial charge on any atom is -0.384 e. The number of rotatable bonds is 4. The quantitative estimate of drug-likeness (QED) is 0.815. The molecule has 2 N–H and O–H groups in total. The van der Waals surface area contributed by atoms with E-state index in [0.717, 1.165) is 18.4 Å². The standard InChI is InChI=1S/C16H21NO2/c1-4-14(5-2)17-16(19)15-9-8-12(3)11-13(15)7-6-10-18/h8-9,11,14,18H,4-5,10H2,1-3H3,(H,17,19). The molecule has 0 atom stereocenters. The second-order valence-electron chi connectivity index (χ2n) is 4.50. The third-order valence-corrected chi connectivity index (χ3v) is 3.04. The summed E-state index contributed by atoms with van der Waals surface area (Å²) in [6.45, 7) is 5.85. The summed E-state index contributed by atoms with van der Waals surface area (Å²) < 4.78 is 0. The van der Waals surface area contributed by atoms with Gasteiger partial charge in [-0.25, -0.2) is 0 Å². The predicted molar refractivity (Wildman–Crippen MR) is 77.0 cm³/mol. The highest BCUT2D eigenvalue weighted by Gasteiger charge is 2.13. The number of aryl methyl sites for hydroxylation is 1. The third kappa shape index (κ3) is 4.42. The highest BCUT2D eigenvalue weighted by Crippen LogP contribution is 2.11. The highest BCUT2D eigenvalue weighted by molar-refractivity contribution is 5.97. The number of nitrogens with one attached hydrogen (secondary N) is 1. The van der Waals surface area contributed by atoms with Gasteiger partial charge in [0.2, 0.25) is 0 Å². The van der Waals surface area contributed by atoms with Gasteiger partial charge in [-0.1, -0.05) is 31.8 Å². The number of benzene rings is 1. The second kappa shape index (κ2) is 7.60. The molecule has 0 spiro atoms. The predicted octanol–water partition coefficient (Wildman–Crippen LogP) is 2.26. The van der Waals surface area contributed by atoms with E-state index >= 15 is 0 Å². The molecule has 0 saturated heterocycles. The van der Waals surface area contributed by atoms with E-state index in [-0.39, 0.29) is 18.6 Å². The average molecular weight is 259 g/mol. The topological polar surface area (TPSA) is 49.3 Å². The molecule has 0 saturated carbocycles. The molecule has 0 unspecified atom stereocenters. The Morgan fingerprint density at radius 2 is 2.05 bits per heavy atom. The van der Waals surface area contributed by atoms with Crippen molar-refractivity contribution in [3.63, 3.8) is 0 Å². The number of aliphatic hydroxyl groups excluding tert-OH is 1. The minimum atomic E-state index is -0.207. The van der Waals surface area contributed by atoms with Crippen LogP contribution >= 0.6 is 0 Å². The van der Waals surface area contributed by atoms with Crippen molar-refractivity contribution in [2.75, 3.05) is 6.61 Å². The number of hydrogen-bond acceptors (Lipinski definition) is 2. The summed E-state index contributed by atoms with van der Waals surface area (Å²) in [4.78, 5) is 12.2. The van der Waals surface area contributed by atoms with Crippen LogP contribution in [0, 0.1) is 18.8 Å². The Kier molecular flexibility index (Phi) is 6.11. The average Bonchev–Trinajstić information content (AvgIpc) is 2.42. The van der Waals surface area contributed by atoms with Crippen LogP contribution in [0.4, 0.5) is 0 Å². The van der Waals surface area contributed by atoms with Crippen molar-refractivity contribution in [1.29, 1.82) is 0 Å². The zero-order valence-electron chi connectivity index (χ0n) is 11.8. The first-order chi connectivity index (χ1) is 9.12. The summed E-state index contributed by atoms with van der Waals surface area (Å²) in [5, 5.41) is 11.8. The number of aliphatic hydroxyl groups is 1. The second-order valence-corrected chi connectivity index (χ2v) is 4.50. The largest absolute Gasteiger partial charge is 0.384 e. The first-order valence-corrected chi connectivity index (χ1v) is 6.63. The summed E-state index contributed by atoms with van der Waals surface area (Å²) >= 11 is 0. The Balaban J connectivity index is 3.01. The van der Waals surface area contributed by atoms with E-state index < -0.39 is 0 Å². The van der Waals surface area contributed by atoms with Gasteiger partial charge in [-0.2, -0.15) is 0 Å². The van der Waals surface area contributed by atoms with Gasteiger partial charge >= 0.3 is 0 Å². The molecule has 1 aromatic carbocycles. The Labute approximate surface area is 115 Å². The lowest BCUT2D eigenvalue weighted by molar-refractivity contribution is 0.0934. The normalized spacial score (nSPS) is 9.95. The monoisotopic (exact) mass is 259 g/mol. The fourth-order valence-corrected chi connectivity index (χ4v) is 1.85. The molecule has 1 aromatic rings. The molecule has 0 heterocycles. The van der Waals surface area contributed by atoms with Crippen LogP contribution in [0.3, 0.4) is 0 Å². The molecule has 19 heavy (non-hydrogen) atoms. The lowest BCUT2D eigenvalue weighted by Crippen LogP contribution is -2.34. The van der Waals surface area contributed by atoms with Crippen LogP contribution in [0.5, 0.6) is 0 Å². The van der Waals surface area contributed by atoms with Gasteiger partial charge in [-0.15, -0.1) is 0 Å². The minimum absolute atomic E-state index is 0.101. The van der Waals surface area contributed by atoms with E-state index in [1.807, 2.05) is 19.1 Å². The zero-order valence-corrected chi connectivity index (χ0v) is 11.8. The molecule has 0 aliphatic rings. The molecule has 0 aromatic heterocycles. The van der Waals surface area contributed by atoms with E-state index in [0.29, 0.717) is 11.1 Å². The summed E-state index contributed by atoms with van der Waals surface area (Å²) in [7, 11) is 0. The van der Waals surface area contributed by atoms with Crippen LogP contribution in [0.2, 0.25) is 0 Å². The lowest BCUT2D eigenvalue weighted by atomic mass is 10.0. The van der Waals surface area contributed by atoms with Gasteiger partial charge in [0, 0.05) is 11.6 Å². The fourth-order valence-electron chi connectivity index (χ4n) is 1.85. The van der Waals surface area contributed by atoms with Gasteiger partial charge in [0.15, 0.2) is 0 Å². The lowest BCUT2D eigenvalue weighted by Gasteiger charge is -2.15. The first kappa shape index (κ1) is 15.3. The van der Waals surface area contributed by atoms with Crippen molar-refractivity contribution in [2.24, 2.45) is 0 Å². The van der Waals surface area contributed by atoms with E-state index in [4.69, 9.17) is 5.11 Å². The van der Waals surface area contributed by atoms with Crippen molar-refractivity contribution in [1.82, 2.24) is 5.32 Å². The Hall–Kier alpha value is -1.79. The van der Waals surface area contributed by atoms with Gasteiger partial charge in [0.1, 0.15) is 6.61 Å². The van der Waals surface area contributed by atoms with Gasteiger partial charge < -0.3 is 10.4 Å². The number of carbonyl (C=O) groups excluding carboxylic acids is 1. The van der Waals surface area contributed by atoms with Gasteiger partial charge in [-0.3, -0.25) is 4.79 Å². The summed E-state index contributed by atoms with van der Waals surface area (Å²) in [6, 6.07) is 5.73. The van der Waals surface area contributed by atoms with Gasteiger partial charge in [-0.05, 0) is 37.5 Å². The van der Waals surface area contributed by atoms with Gasteiger partial charge in [0.25, 0.3) is 5.91 Å². The van der Waals surface area contributed by atoms with E-state index in [1.54, 1.807) is 6.07 Å². The van der Waals surface area contributed by atoms with Crippen molar-refractivity contribution in [3.05, 3.63) is 34.9 Å². The molecule has 1 amide bonds. The molecule has 0 fully saturated rings. The van der Waals surface area contributed by atoms with Crippen LogP contribution in [-0.2, 0) is 0 Å². The number of amides is 1. The van der Waals surface area contributed by atoms with E-state index in [2.05, 4.69) is 31.0 Å². The maximum atomic E-state index is 12.2. The number of carbonyl (C=O) groups is 1. The van der Waals surface area contributed by atoms with Crippen molar-refractivity contribution >= 4 is 5.91 Å². The molecule has 0 aliphatic carbocycles. The fraction of sp³-hybridized carbons (Fsp3) is 0.438. The van der Waals surface area contributed by atoms with Gasteiger partial charge in [0.05, 0.1) is 5.56 Å². The van der Waals surface area contributed by atoms with E-state index in [1.165, 1.54) is 0 Å². The van der Waals surface area contributed by atoms with Crippen LogP contribution in [0.15, 0.2) is 18.2 Å². The Bertz CT molecular complexity index is 493. The molecule has 102 valence electrons. The van der Waals surface area contributed by atoms with Crippen LogP contribution in [-0.4, -0.2) is 23.7 Å². The maximum absolute atomic E-state index is 12.2. The SMILES string of the molecule is CCC(CC)NC(=O)c1ccc(C)cc1C#CCO. The van der Waals surface area contributed by atoms with Crippen LogP contribution < -0.4 is 5.32 Å². The molecule has 1 rings (SSSR count). The van der Waals surface area contributed by atoms with E-state index in [9.17, 15) is 4.79 Å². The summed E-state index contributed by atoms with van der Waals surface area (Å²) in [5.74, 6) is 5.33. The molecule has 0 bridgehead atoms. The van der Waals surface area contributed by atoms with Crippen molar-refractivity contribution < 1.29 is 9.90 Å². The molecular formula is C16H21NO2. The maximum Gasteiger partial charge on any atom is 0.252 e. The Morgan fingerprint density at radius 3 is 2.63 bits per heavy atom. The van der Waals surface area contributed by atoms with Crippen LogP contribution in [0.25, 0.3) is 0 Å². The summed E-state index contributed by atoms with van der Waals surface area (Å²) in [6.07, 6.45) is 1.82. The highest BCUT2D eigenvalue weighted by atomic mass is 16.2. The Morgan fingerprint density at radius 1 is 1.37 bits per heavy atom. The molecule has 3 heteroatoms. The first-order valence-electron chi connectivity index (χ1n) is 6.63. The van der Waals surface area contributed by atoms with Crippen molar-refractivity contribution in [3.8, 4) is 11.8 Å². The zero-order chi connectivity index (χ0) is 14.3. The summed E-state index contributed by atoms with van der Waals surface area (Å²) in [5.41, 5.74) is 2.28. The molecule has 3 nitrogen and oxygen atoms in total. The molecule has 0 radical (unpaired) electrons. The smallest absolute Gasteiger partial charge is 0.252 e. The number of hydrogen-bond donors (Lipinski definition) is 2.